The molecule has 8 nitrogen and oxygen atoms in total. The average molecular weight is 512 g/mol. The highest BCUT2D eigenvalue weighted by Crippen LogP contribution is 2.23. The second kappa shape index (κ2) is 12.8. The average Bonchev–Trinajstić information content (AvgIpc) is 3.33. The minimum Gasteiger partial charge on any atom is -0.466 e. The number of nitrogens with one attached hydrogen (secondary N) is 1. The van der Waals surface area contributed by atoms with Gasteiger partial charge in [0.25, 0.3) is 0 Å². The van der Waals surface area contributed by atoms with Crippen molar-refractivity contribution in [2.75, 3.05) is 32.8 Å². The van der Waals surface area contributed by atoms with E-state index in [1.807, 2.05) is 30.3 Å². The minimum atomic E-state index is -0.793. The van der Waals surface area contributed by atoms with Gasteiger partial charge in [0.2, 0.25) is 0 Å². The van der Waals surface area contributed by atoms with Crippen LogP contribution in [0.15, 0.2) is 54.7 Å². The molecule has 0 radical (unpaired) electrons. The molecule has 3 aromatic rings. The normalized spacial score (nSPS) is 16.4. The van der Waals surface area contributed by atoms with E-state index in [0.717, 1.165) is 31.5 Å². The summed E-state index contributed by atoms with van der Waals surface area (Å²) in [6.07, 6.45) is 2.38. The molecule has 3 N–H and O–H groups in total. The van der Waals surface area contributed by atoms with Crippen molar-refractivity contribution in [2.45, 2.75) is 32.6 Å². The molecule has 37 heavy (non-hydrogen) atoms. The van der Waals surface area contributed by atoms with Crippen LogP contribution in [0.4, 0.5) is 4.39 Å². The van der Waals surface area contributed by atoms with E-state index in [2.05, 4.69) is 9.88 Å². The number of hydrogen-bond acceptors (Lipinski definition) is 7. The maximum Gasteiger partial charge on any atom is 0.340 e. The van der Waals surface area contributed by atoms with Gasteiger partial charge in [0, 0.05) is 23.6 Å². The second-order valence-corrected chi connectivity index (χ2v) is 9.35. The number of likely N-dealkylation sites (tertiary alicyclic amines) is 1. The molecule has 2 aromatic carbocycles. The predicted molar refractivity (Wildman–Crippen MR) is 137 cm³/mol. The summed E-state index contributed by atoms with van der Waals surface area (Å²) in [6, 6.07) is 13.9. The van der Waals surface area contributed by atoms with E-state index in [9.17, 15) is 14.0 Å². The number of nitrogens with zero attached hydrogens (tertiary/aromatic N) is 1. The van der Waals surface area contributed by atoms with Crippen molar-refractivity contribution in [1.82, 2.24) is 9.88 Å². The zero-order valence-electron chi connectivity index (χ0n) is 21.0. The van der Waals surface area contributed by atoms with Crippen LogP contribution in [0, 0.1) is 17.7 Å². The van der Waals surface area contributed by atoms with Gasteiger partial charge in [-0.3, -0.25) is 4.79 Å². The largest absolute Gasteiger partial charge is 0.466 e. The molecule has 2 unspecified atom stereocenters. The Hall–Kier alpha value is -3.27. The number of aromatic nitrogens is 1. The van der Waals surface area contributed by atoms with E-state index in [4.69, 9.17) is 19.9 Å². The van der Waals surface area contributed by atoms with Crippen LogP contribution in [0.5, 0.6) is 0 Å². The number of ether oxygens (including phenoxy) is 3. The van der Waals surface area contributed by atoms with Gasteiger partial charge in [-0.2, -0.15) is 0 Å². The Morgan fingerprint density at radius 2 is 1.89 bits per heavy atom. The van der Waals surface area contributed by atoms with Gasteiger partial charge in [-0.1, -0.05) is 30.3 Å². The number of aromatic amines is 1. The van der Waals surface area contributed by atoms with E-state index in [0.29, 0.717) is 29.6 Å². The maximum atomic E-state index is 13.6. The number of benzene rings is 2. The number of hydrogen-bond donors (Lipinski definition) is 2. The number of nitrogens with two attached hydrogens (primary N) is 1. The fourth-order valence-electron chi connectivity index (χ4n) is 4.59. The summed E-state index contributed by atoms with van der Waals surface area (Å²) in [6.45, 7) is 4.55. The standard InChI is InChI=1S/C28H34FN3O5/c1-2-35-28(34)24(26(30)36-17-19-6-4-3-5-7-19)16-32-12-10-20(11-13-32)18-37-27(33)23-15-31-25-9-8-21(29)14-22(23)25/h3-9,14-15,20,24,26,31H,2,10-13,16-18,30H2,1H3. The molecule has 0 bridgehead atoms. The number of halogens is 1. The lowest BCUT2D eigenvalue weighted by Gasteiger charge is -2.34. The highest BCUT2D eigenvalue weighted by Gasteiger charge is 2.32. The molecule has 1 saturated heterocycles. The molecular weight excluding hydrogens is 477 g/mol. The highest BCUT2D eigenvalue weighted by molar-refractivity contribution is 6.04. The zero-order chi connectivity index (χ0) is 26.2. The Balaban J connectivity index is 1.26. The van der Waals surface area contributed by atoms with E-state index in [-0.39, 0.29) is 25.1 Å². The maximum absolute atomic E-state index is 13.6. The van der Waals surface area contributed by atoms with Gasteiger partial charge in [-0.15, -0.1) is 0 Å². The number of piperidine rings is 1. The zero-order valence-corrected chi connectivity index (χ0v) is 21.0. The number of fused-ring (bicyclic) bond motifs is 1. The van der Waals surface area contributed by atoms with Crippen molar-refractivity contribution in [3.05, 3.63) is 71.7 Å². The van der Waals surface area contributed by atoms with E-state index in [1.54, 1.807) is 19.2 Å². The summed E-state index contributed by atoms with van der Waals surface area (Å²) < 4.78 is 30.3. The van der Waals surface area contributed by atoms with Gasteiger partial charge >= 0.3 is 11.9 Å². The third kappa shape index (κ3) is 7.15. The topological polar surface area (TPSA) is 107 Å². The summed E-state index contributed by atoms with van der Waals surface area (Å²) in [5, 5.41) is 0.510. The minimum absolute atomic E-state index is 0.200. The van der Waals surface area contributed by atoms with Crippen LogP contribution in [-0.2, 0) is 25.6 Å². The SMILES string of the molecule is CCOC(=O)C(CN1CCC(COC(=O)c2c[nH]c3ccc(F)cc23)CC1)C(N)OCc1ccccc1. The number of carbonyl (C=O) groups excluding carboxylic acids is 2. The van der Waals surface area contributed by atoms with E-state index >= 15 is 0 Å². The number of rotatable bonds is 11. The van der Waals surface area contributed by atoms with Crippen LogP contribution in [0.25, 0.3) is 10.9 Å². The Morgan fingerprint density at radius 3 is 2.62 bits per heavy atom. The summed E-state index contributed by atoms with van der Waals surface area (Å²) in [4.78, 5) is 30.4. The van der Waals surface area contributed by atoms with E-state index in [1.165, 1.54) is 12.1 Å². The summed E-state index contributed by atoms with van der Waals surface area (Å²) in [7, 11) is 0. The molecule has 0 saturated carbocycles. The summed E-state index contributed by atoms with van der Waals surface area (Å²) >= 11 is 0. The molecule has 4 rings (SSSR count). The van der Waals surface area contributed by atoms with Crippen LogP contribution < -0.4 is 5.73 Å². The third-order valence-electron chi connectivity index (χ3n) is 6.75. The monoisotopic (exact) mass is 511 g/mol. The Labute approximate surface area is 215 Å². The van der Waals surface area contributed by atoms with Crippen LogP contribution in [0.3, 0.4) is 0 Å². The van der Waals surface area contributed by atoms with Crippen LogP contribution >= 0.6 is 0 Å². The lowest BCUT2D eigenvalue weighted by atomic mass is 9.96. The quantitative estimate of drug-likeness (QED) is 0.297. The third-order valence-corrected chi connectivity index (χ3v) is 6.75. The first kappa shape index (κ1) is 26.8. The predicted octanol–water partition coefficient (Wildman–Crippen LogP) is 3.86. The molecule has 0 aliphatic carbocycles. The second-order valence-electron chi connectivity index (χ2n) is 9.35. The summed E-state index contributed by atoms with van der Waals surface area (Å²) in [5.74, 6) is -1.65. The van der Waals surface area contributed by atoms with Crippen molar-refractivity contribution in [2.24, 2.45) is 17.6 Å². The number of esters is 2. The first-order valence-corrected chi connectivity index (χ1v) is 12.7. The van der Waals surface area contributed by atoms with Gasteiger partial charge in [0.05, 0.1) is 25.4 Å². The molecule has 1 aromatic heterocycles. The number of H-pyrrole nitrogens is 1. The van der Waals surface area contributed by atoms with Crippen LogP contribution in [0.1, 0.15) is 35.7 Å². The molecule has 198 valence electrons. The van der Waals surface area contributed by atoms with E-state index < -0.39 is 23.9 Å². The molecule has 1 fully saturated rings. The van der Waals surface area contributed by atoms with Crippen molar-refractivity contribution in [3.63, 3.8) is 0 Å². The van der Waals surface area contributed by atoms with Gasteiger partial charge in [-0.05, 0) is 62.5 Å². The molecular formula is C28H34FN3O5. The fraction of sp³-hybridized carbons (Fsp3) is 0.429. The highest BCUT2D eigenvalue weighted by atomic mass is 19.1. The lowest BCUT2D eigenvalue weighted by Crippen LogP contribution is -2.47. The van der Waals surface area contributed by atoms with Crippen molar-refractivity contribution >= 4 is 22.8 Å². The van der Waals surface area contributed by atoms with Crippen molar-refractivity contribution in [1.29, 1.82) is 0 Å². The molecule has 1 aliphatic rings. The lowest BCUT2D eigenvalue weighted by molar-refractivity contribution is -0.155. The van der Waals surface area contributed by atoms with Gasteiger partial charge in [-0.25, -0.2) is 9.18 Å². The van der Waals surface area contributed by atoms with Gasteiger partial charge in [0.1, 0.15) is 18.0 Å². The molecule has 0 spiro atoms. The molecule has 2 atom stereocenters. The molecule has 0 amide bonds. The summed E-state index contributed by atoms with van der Waals surface area (Å²) in [5.41, 5.74) is 8.28. The van der Waals surface area contributed by atoms with Gasteiger partial charge in [0.15, 0.2) is 0 Å². The Bertz CT molecular complexity index is 1180. The smallest absolute Gasteiger partial charge is 0.340 e. The van der Waals surface area contributed by atoms with Crippen molar-refractivity contribution in [3.8, 4) is 0 Å². The van der Waals surface area contributed by atoms with Crippen LogP contribution in [-0.4, -0.2) is 60.9 Å². The first-order chi connectivity index (χ1) is 17.9. The fourth-order valence-corrected chi connectivity index (χ4v) is 4.59. The molecule has 9 heteroatoms. The first-order valence-electron chi connectivity index (χ1n) is 12.7. The number of carbonyl (C=O) groups is 2. The van der Waals surface area contributed by atoms with Crippen LogP contribution in [0.2, 0.25) is 0 Å². The Morgan fingerprint density at radius 1 is 1.14 bits per heavy atom. The molecule has 2 heterocycles. The molecule has 1 aliphatic heterocycles. The Kier molecular flexibility index (Phi) is 9.27. The van der Waals surface area contributed by atoms with Gasteiger partial charge < -0.3 is 29.8 Å². The van der Waals surface area contributed by atoms with Crippen molar-refractivity contribution < 1.29 is 28.2 Å².